The maximum Gasteiger partial charge on any atom is 0.513 e. The molecule has 3 rings (SSSR count). The molecular formula is C28H32O6. The van der Waals surface area contributed by atoms with E-state index in [-0.39, 0.29) is 18.0 Å². The van der Waals surface area contributed by atoms with Gasteiger partial charge in [-0.1, -0.05) is 57.2 Å². The molecule has 0 fully saturated rings. The Balaban J connectivity index is 1.50. The fourth-order valence-electron chi connectivity index (χ4n) is 3.27. The minimum atomic E-state index is -0.730. The van der Waals surface area contributed by atoms with Crippen molar-refractivity contribution in [2.24, 2.45) is 5.41 Å². The third-order valence-electron chi connectivity index (χ3n) is 5.50. The molecule has 34 heavy (non-hydrogen) atoms. The van der Waals surface area contributed by atoms with Crippen LogP contribution < -0.4 is 9.47 Å². The number of hydrogen-bond acceptors (Lipinski definition) is 6. The Labute approximate surface area is 200 Å². The average Bonchev–Trinajstić information content (AvgIpc) is 2.81. The Morgan fingerprint density at radius 1 is 0.853 bits per heavy atom. The molecule has 0 spiro atoms. The van der Waals surface area contributed by atoms with Gasteiger partial charge in [-0.3, -0.25) is 4.79 Å². The zero-order valence-corrected chi connectivity index (χ0v) is 20.4. The molecule has 1 atom stereocenters. The summed E-state index contributed by atoms with van der Waals surface area (Å²) in [5.41, 5.74) is 1.76. The maximum absolute atomic E-state index is 12.6. The first-order chi connectivity index (χ1) is 16.1. The molecule has 0 heterocycles. The summed E-state index contributed by atoms with van der Waals surface area (Å²) in [5.74, 6) is 0.450. The normalized spacial score (nSPS) is 12.1. The Kier molecular flexibility index (Phi) is 8.16. The largest absolute Gasteiger partial charge is 0.513 e. The first-order valence-electron chi connectivity index (χ1n) is 11.3. The number of ether oxygens (including phenoxy) is 4. The summed E-state index contributed by atoms with van der Waals surface area (Å²) in [6.07, 6.45) is 0.0183. The summed E-state index contributed by atoms with van der Waals surface area (Å²) >= 11 is 0. The maximum atomic E-state index is 12.6. The summed E-state index contributed by atoms with van der Waals surface area (Å²) < 4.78 is 21.0. The van der Waals surface area contributed by atoms with Crippen molar-refractivity contribution in [1.82, 2.24) is 0 Å². The highest BCUT2D eigenvalue weighted by Gasteiger charge is 2.18. The van der Waals surface area contributed by atoms with E-state index in [1.54, 1.807) is 31.4 Å². The molecular weight excluding hydrogens is 432 g/mol. The monoisotopic (exact) mass is 464 g/mol. The Morgan fingerprint density at radius 3 is 2.18 bits per heavy atom. The summed E-state index contributed by atoms with van der Waals surface area (Å²) in [4.78, 5) is 24.4. The lowest BCUT2D eigenvalue weighted by atomic mass is 9.93. The molecule has 0 aliphatic rings. The summed E-state index contributed by atoms with van der Waals surface area (Å²) in [5, 5.41) is 2.08. The van der Waals surface area contributed by atoms with Crippen molar-refractivity contribution in [3.05, 3.63) is 71.8 Å². The van der Waals surface area contributed by atoms with E-state index in [2.05, 4.69) is 20.8 Å². The highest BCUT2D eigenvalue weighted by molar-refractivity contribution is 5.86. The van der Waals surface area contributed by atoms with Crippen LogP contribution in [0.1, 0.15) is 51.2 Å². The van der Waals surface area contributed by atoms with Gasteiger partial charge in [-0.15, -0.1) is 0 Å². The fraction of sp³-hybridized carbons (Fsp3) is 0.357. The number of rotatable bonds is 8. The second kappa shape index (κ2) is 11.1. The minimum Gasteiger partial charge on any atom is -0.497 e. The number of carbonyl (C=O) groups is 2. The molecule has 0 saturated carbocycles. The predicted molar refractivity (Wildman–Crippen MR) is 131 cm³/mol. The van der Waals surface area contributed by atoms with Gasteiger partial charge in [0.1, 0.15) is 18.1 Å². The standard InChI is InChI=1S/C28H32O6/c1-19(21-8-9-23-17-25(31-5)13-10-22(23)16-21)26(29)33-18-20-6-11-24(12-7-20)34-27(30)32-15-14-28(2,3)4/h6-13,16-17,19H,14-15,18H2,1-5H3/t19-/m0/s1. The third-order valence-corrected chi connectivity index (χ3v) is 5.50. The molecule has 0 unspecified atom stereocenters. The van der Waals surface area contributed by atoms with Crippen molar-refractivity contribution in [1.29, 1.82) is 0 Å². The smallest absolute Gasteiger partial charge is 0.497 e. The number of fused-ring (bicyclic) bond motifs is 1. The first kappa shape index (κ1) is 25.1. The Morgan fingerprint density at radius 2 is 1.50 bits per heavy atom. The zero-order chi connectivity index (χ0) is 24.7. The van der Waals surface area contributed by atoms with E-state index in [0.717, 1.165) is 34.1 Å². The van der Waals surface area contributed by atoms with E-state index < -0.39 is 12.1 Å². The van der Waals surface area contributed by atoms with Gasteiger partial charge in [-0.25, -0.2) is 4.79 Å². The SMILES string of the molecule is COc1ccc2cc([C@H](C)C(=O)OCc3ccc(OC(=O)OCCC(C)(C)C)cc3)ccc2c1. The topological polar surface area (TPSA) is 71.1 Å². The Hall–Kier alpha value is -3.54. The van der Waals surface area contributed by atoms with Gasteiger partial charge in [0.15, 0.2) is 0 Å². The molecule has 180 valence electrons. The van der Waals surface area contributed by atoms with Gasteiger partial charge in [-0.2, -0.15) is 0 Å². The number of methoxy groups -OCH3 is 1. The van der Waals surface area contributed by atoms with E-state index in [0.29, 0.717) is 12.4 Å². The van der Waals surface area contributed by atoms with Crippen LogP contribution in [0.5, 0.6) is 11.5 Å². The number of carbonyl (C=O) groups excluding carboxylic acids is 2. The van der Waals surface area contributed by atoms with Crippen molar-refractivity contribution in [2.75, 3.05) is 13.7 Å². The fourth-order valence-corrected chi connectivity index (χ4v) is 3.27. The van der Waals surface area contributed by atoms with Crippen molar-refractivity contribution in [3.8, 4) is 11.5 Å². The lowest BCUT2D eigenvalue weighted by molar-refractivity contribution is -0.146. The third kappa shape index (κ3) is 7.24. The molecule has 0 amide bonds. The van der Waals surface area contributed by atoms with Crippen LogP contribution in [0.4, 0.5) is 4.79 Å². The molecule has 0 saturated heterocycles. The number of hydrogen-bond donors (Lipinski definition) is 0. The molecule has 6 heteroatoms. The number of esters is 1. The Bertz CT molecular complexity index is 1130. The van der Waals surface area contributed by atoms with Crippen LogP contribution in [0.2, 0.25) is 0 Å². The van der Waals surface area contributed by atoms with Crippen molar-refractivity contribution in [2.45, 2.75) is 46.6 Å². The van der Waals surface area contributed by atoms with E-state index in [9.17, 15) is 9.59 Å². The molecule has 0 bridgehead atoms. The molecule has 0 radical (unpaired) electrons. The average molecular weight is 465 g/mol. The van der Waals surface area contributed by atoms with Crippen LogP contribution in [-0.4, -0.2) is 25.8 Å². The minimum absolute atomic E-state index is 0.0826. The lowest BCUT2D eigenvalue weighted by Crippen LogP contribution is -2.15. The van der Waals surface area contributed by atoms with Gasteiger partial charge in [-0.05, 0) is 64.9 Å². The second-order valence-corrected chi connectivity index (χ2v) is 9.46. The lowest BCUT2D eigenvalue weighted by Gasteiger charge is -2.17. The molecule has 0 aromatic heterocycles. The zero-order valence-electron chi connectivity index (χ0n) is 20.4. The van der Waals surface area contributed by atoms with Gasteiger partial charge < -0.3 is 18.9 Å². The van der Waals surface area contributed by atoms with Crippen LogP contribution in [0.3, 0.4) is 0 Å². The van der Waals surface area contributed by atoms with Gasteiger partial charge >= 0.3 is 12.1 Å². The van der Waals surface area contributed by atoms with Crippen LogP contribution >= 0.6 is 0 Å². The summed E-state index contributed by atoms with van der Waals surface area (Å²) in [6.45, 7) is 8.49. The summed E-state index contributed by atoms with van der Waals surface area (Å²) in [7, 11) is 1.64. The van der Waals surface area contributed by atoms with Gasteiger partial charge in [0, 0.05) is 0 Å². The molecule has 0 aliphatic carbocycles. The number of benzene rings is 3. The van der Waals surface area contributed by atoms with E-state index in [1.807, 2.05) is 43.3 Å². The molecule has 0 N–H and O–H groups in total. The molecule has 0 aliphatic heterocycles. The van der Waals surface area contributed by atoms with E-state index >= 15 is 0 Å². The van der Waals surface area contributed by atoms with Crippen molar-refractivity contribution >= 4 is 22.9 Å². The van der Waals surface area contributed by atoms with Crippen molar-refractivity contribution in [3.63, 3.8) is 0 Å². The van der Waals surface area contributed by atoms with Crippen LogP contribution in [-0.2, 0) is 20.9 Å². The van der Waals surface area contributed by atoms with Gasteiger partial charge in [0.05, 0.1) is 19.6 Å². The molecule has 3 aromatic rings. The molecule has 3 aromatic carbocycles. The van der Waals surface area contributed by atoms with Crippen LogP contribution in [0.15, 0.2) is 60.7 Å². The predicted octanol–water partition coefficient (Wildman–Crippen LogP) is 6.65. The summed E-state index contributed by atoms with van der Waals surface area (Å²) in [6, 6.07) is 18.5. The highest BCUT2D eigenvalue weighted by atomic mass is 16.7. The van der Waals surface area contributed by atoms with E-state index in [4.69, 9.17) is 18.9 Å². The van der Waals surface area contributed by atoms with Crippen molar-refractivity contribution < 1.29 is 28.5 Å². The highest BCUT2D eigenvalue weighted by Crippen LogP contribution is 2.26. The second-order valence-electron chi connectivity index (χ2n) is 9.46. The van der Waals surface area contributed by atoms with Gasteiger partial charge in [0.25, 0.3) is 0 Å². The quantitative estimate of drug-likeness (QED) is 0.275. The van der Waals surface area contributed by atoms with Crippen LogP contribution in [0.25, 0.3) is 10.8 Å². The van der Waals surface area contributed by atoms with Gasteiger partial charge in [0.2, 0.25) is 0 Å². The van der Waals surface area contributed by atoms with E-state index in [1.165, 1.54) is 0 Å². The van der Waals surface area contributed by atoms with Crippen LogP contribution in [0, 0.1) is 5.41 Å². The molecule has 6 nitrogen and oxygen atoms in total. The first-order valence-corrected chi connectivity index (χ1v) is 11.3.